The van der Waals surface area contributed by atoms with Crippen LogP contribution < -0.4 is 0 Å². The summed E-state index contributed by atoms with van der Waals surface area (Å²) < 4.78 is 11.0. The Labute approximate surface area is 107 Å². The highest BCUT2D eigenvalue weighted by Crippen LogP contribution is 2.15. The van der Waals surface area contributed by atoms with E-state index in [1.165, 1.54) is 0 Å². The van der Waals surface area contributed by atoms with Gasteiger partial charge in [-0.2, -0.15) is 0 Å². The van der Waals surface area contributed by atoms with Gasteiger partial charge >= 0.3 is 0 Å². The molecule has 0 fully saturated rings. The van der Waals surface area contributed by atoms with Gasteiger partial charge in [0.05, 0.1) is 6.26 Å². The van der Waals surface area contributed by atoms with Crippen molar-refractivity contribution in [2.75, 3.05) is 13.6 Å². The van der Waals surface area contributed by atoms with Crippen molar-refractivity contribution >= 4 is 21.8 Å². The Hall–Kier alpha value is -1.49. The Morgan fingerprint density at radius 1 is 1.41 bits per heavy atom. The van der Waals surface area contributed by atoms with Gasteiger partial charge in [-0.3, -0.25) is 4.79 Å². The first-order chi connectivity index (χ1) is 8.16. The number of carbonyl (C=O) groups excluding carboxylic acids is 1. The van der Waals surface area contributed by atoms with Crippen LogP contribution in [-0.4, -0.2) is 24.4 Å². The number of likely N-dealkylation sites (N-methyl/N-ethyl adjacent to an activating group) is 1. The van der Waals surface area contributed by atoms with Crippen LogP contribution in [0.15, 0.2) is 44.0 Å². The lowest BCUT2D eigenvalue weighted by molar-refractivity contribution is 0.0762. The second kappa shape index (κ2) is 5.23. The van der Waals surface area contributed by atoms with E-state index in [1.807, 2.05) is 12.1 Å². The van der Waals surface area contributed by atoms with Crippen LogP contribution in [0, 0.1) is 0 Å². The molecule has 0 radical (unpaired) electrons. The fraction of sp³-hybridized carbons (Fsp3) is 0.250. The lowest BCUT2D eigenvalue weighted by Crippen LogP contribution is -2.28. The number of carbonyl (C=O) groups is 1. The second-order valence-electron chi connectivity index (χ2n) is 3.66. The Balaban J connectivity index is 1.91. The molecule has 2 heterocycles. The van der Waals surface area contributed by atoms with Crippen LogP contribution >= 0.6 is 15.9 Å². The summed E-state index contributed by atoms with van der Waals surface area (Å²) in [5, 5.41) is 0. The van der Waals surface area contributed by atoms with Crippen molar-refractivity contribution < 1.29 is 13.6 Å². The molecule has 0 aliphatic rings. The smallest absolute Gasteiger partial charge is 0.289 e. The van der Waals surface area contributed by atoms with Gasteiger partial charge in [0.25, 0.3) is 5.91 Å². The number of hydrogen-bond donors (Lipinski definition) is 0. The lowest BCUT2D eigenvalue weighted by Gasteiger charge is -2.14. The monoisotopic (exact) mass is 297 g/mol. The number of rotatable bonds is 4. The van der Waals surface area contributed by atoms with Gasteiger partial charge in [0.15, 0.2) is 10.4 Å². The van der Waals surface area contributed by atoms with Crippen LogP contribution in [0.4, 0.5) is 0 Å². The van der Waals surface area contributed by atoms with Crippen molar-refractivity contribution in [3.63, 3.8) is 0 Å². The highest BCUT2D eigenvalue weighted by Gasteiger charge is 2.15. The molecular formula is C12H12BrNO3. The van der Waals surface area contributed by atoms with Crippen LogP contribution in [0.3, 0.4) is 0 Å². The Kier molecular flexibility index (Phi) is 3.68. The molecule has 0 saturated carbocycles. The van der Waals surface area contributed by atoms with Crippen LogP contribution in [0.1, 0.15) is 16.3 Å². The number of furan rings is 2. The largest absolute Gasteiger partial charge is 0.469 e. The van der Waals surface area contributed by atoms with Crippen molar-refractivity contribution in [2.45, 2.75) is 6.42 Å². The van der Waals surface area contributed by atoms with E-state index in [1.54, 1.807) is 30.3 Å². The quantitative estimate of drug-likeness (QED) is 0.872. The van der Waals surface area contributed by atoms with Gasteiger partial charge in [-0.1, -0.05) is 0 Å². The van der Waals surface area contributed by atoms with Gasteiger partial charge in [-0.15, -0.1) is 0 Å². The van der Waals surface area contributed by atoms with Crippen molar-refractivity contribution in [1.29, 1.82) is 0 Å². The van der Waals surface area contributed by atoms with Crippen LogP contribution in [-0.2, 0) is 6.42 Å². The van der Waals surface area contributed by atoms with E-state index in [-0.39, 0.29) is 5.91 Å². The van der Waals surface area contributed by atoms with E-state index < -0.39 is 0 Å². The molecule has 17 heavy (non-hydrogen) atoms. The van der Waals surface area contributed by atoms with E-state index in [4.69, 9.17) is 8.83 Å². The fourth-order valence-corrected chi connectivity index (χ4v) is 1.76. The number of amides is 1. The molecule has 2 rings (SSSR count). The maximum atomic E-state index is 11.9. The first-order valence-electron chi connectivity index (χ1n) is 5.20. The van der Waals surface area contributed by atoms with Gasteiger partial charge in [-0.25, -0.2) is 0 Å². The SMILES string of the molecule is CN(CCc1ccco1)C(=O)c1ccc(Br)o1. The van der Waals surface area contributed by atoms with Crippen LogP contribution in [0.5, 0.6) is 0 Å². The Bertz CT molecular complexity index is 490. The first-order valence-corrected chi connectivity index (χ1v) is 5.99. The zero-order valence-electron chi connectivity index (χ0n) is 9.35. The summed E-state index contributed by atoms with van der Waals surface area (Å²) in [4.78, 5) is 13.5. The van der Waals surface area contributed by atoms with Gasteiger partial charge in [-0.05, 0) is 40.2 Å². The van der Waals surface area contributed by atoms with E-state index in [2.05, 4.69) is 15.9 Å². The third-order valence-electron chi connectivity index (χ3n) is 2.40. The van der Waals surface area contributed by atoms with Gasteiger partial charge in [0.1, 0.15) is 5.76 Å². The number of hydrogen-bond acceptors (Lipinski definition) is 3. The molecule has 1 amide bonds. The minimum atomic E-state index is -0.137. The topological polar surface area (TPSA) is 46.6 Å². The molecule has 90 valence electrons. The van der Waals surface area contributed by atoms with E-state index in [0.29, 0.717) is 23.4 Å². The van der Waals surface area contributed by atoms with Crippen molar-refractivity contribution in [1.82, 2.24) is 4.90 Å². The van der Waals surface area contributed by atoms with Gasteiger partial charge in [0.2, 0.25) is 0 Å². The zero-order valence-corrected chi connectivity index (χ0v) is 10.9. The maximum Gasteiger partial charge on any atom is 0.289 e. The molecule has 0 aromatic carbocycles. The summed E-state index contributed by atoms with van der Waals surface area (Å²) in [6.45, 7) is 0.588. The first kappa shape index (κ1) is 12.0. The predicted octanol–water partition coefficient (Wildman–Crippen LogP) is 2.95. The molecule has 0 N–H and O–H groups in total. The maximum absolute atomic E-state index is 11.9. The fourth-order valence-electron chi connectivity index (χ4n) is 1.45. The summed E-state index contributed by atoms with van der Waals surface area (Å²) in [7, 11) is 1.74. The van der Waals surface area contributed by atoms with Crippen molar-refractivity contribution in [3.05, 3.63) is 46.7 Å². The summed E-state index contributed by atoms with van der Waals surface area (Å²) in [6.07, 6.45) is 2.32. The van der Waals surface area contributed by atoms with Gasteiger partial charge < -0.3 is 13.7 Å². The summed E-state index contributed by atoms with van der Waals surface area (Å²) in [5.74, 6) is 1.06. The molecule has 5 heteroatoms. The minimum Gasteiger partial charge on any atom is -0.469 e. The number of nitrogens with zero attached hydrogens (tertiary/aromatic N) is 1. The molecule has 0 atom stereocenters. The molecule has 2 aromatic rings. The molecule has 0 unspecified atom stereocenters. The zero-order chi connectivity index (χ0) is 12.3. The summed E-state index contributed by atoms with van der Waals surface area (Å²) in [5.41, 5.74) is 0. The molecule has 0 aliphatic heterocycles. The standard InChI is InChI=1S/C12H12BrNO3/c1-14(7-6-9-3-2-8-16-9)12(15)10-4-5-11(13)17-10/h2-5,8H,6-7H2,1H3. The molecule has 0 saturated heterocycles. The average molecular weight is 298 g/mol. The van der Waals surface area contributed by atoms with Crippen molar-refractivity contribution in [3.8, 4) is 0 Å². The molecule has 0 aliphatic carbocycles. The molecule has 4 nitrogen and oxygen atoms in total. The normalized spacial score (nSPS) is 10.5. The van der Waals surface area contributed by atoms with Crippen LogP contribution in [0.2, 0.25) is 0 Å². The molecule has 0 bridgehead atoms. The van der Waals surface area contributed by atoms with E-state index in [0.717, 1.165) is 5.76 Å². The van der Waals surface area contributed by atoms with Gasteiger partial charge in [0, 0.05) is 20.0 Å². The highest BCUT2D eigenvalue weighted by molar-refractivity contribution is 9.10. The third kappa shape index (κ3) is 3.00. The summed E-state index contributed by atoms with van der Waals surface area (Å²) in [6, 6.07) is 7.08. The molecule has 0 spiro atoms. The van der Waals surface area contributed by atoms with Crippen LogP contribution in [0.25, 0.3) is 0 Å². The third-order valence-corrected chi connectivity index (χ3v) is 2.83. The summed E-state index contributed by atoms with van der Waals surface area (Å²) >= 11 is 3.17. The highest BCUT2D eigenvalue weighted by atomic mass is 79.9. The molecular weight excluding hydrogens is 286 g/mol. The second-order valence-corrected chi connectivity index (χ2v) is 4.44. The van der Waals surface area contributed by atoms with E-state index in [9.17, 15) is 4.79 Å². The predicted molar refractivity (Wildman–Crippen MR) is 65.8 cm³/mol. The van der Waals surface area contributed by atoms with Crippen molar-refractivity contribution in [2.24, 2.45) is 0 Å². The Morgan fingerprint density at radius 3 is 2.82 bits per heavy atom. The number of halogens is 1. The van der Waals surface area contributed by atoms with E-state index >= 15 is 0 Å². The average Bonchev–Trinajstić information content (AvgIpc) is 2.95. The lowest BCUT2D eigenvalue weighted by atomic mass is 10.3. The molecule has 2 aromatic heterocycles. The minimum absolute atomic E-state index is 0.137. The Morgan fingerprint density at radius 2 is 2.24 bits per heavy atom.